The summed E-state index contributed by atoms with van der Waals surface area (Å²) >= 11 is 1.29. The summed E-state index contributed by atoms with van der Waals surface area (Å²) in [6, 6.07) is 6.89. The molecular formula is C20H26N4O3S. The highest BCUT2D eigenvalue weighted by molar-refractivity contribution is 7.18. The Labute approximate surface area is 168 Å². The Morgan fingerprint density at radius 2 is 1.82 bits per heavy atom. The third-order valence-electron chi connectivity index (χ3n) is 4.96. The molecule has 1 aliphatic rings. The van der Waals surface area contributed by atoms with Crippen LogP contribution in [0.15, 0.2) is 24.3 Å². The topological polar surface area (TPSA) is 93.2 Å². The summed E-state index contributed by atoms with van der Waals surface area (Å²) in [6.07, 6.45) is 3.96. The second-order valence-corrected chi connectivity index (χ2v) is 8.32. The largest absolute Gasteiger partial charge is 0.497 e. The van der Waals surface area contributed by atoms with E-state index >= 15 is 0 Å². The Morgan fingerprint density at radius 3 is 2.43 bits per heavy atom. The number of aromatic nitrogens is 2. The fraction of sp³-hybridized carbons (Fsp3) is 0.500. The van der Waals surface area contributed by atoms with Crippen molar-refractivity contribution in [1.82, 2.24) is 15.5 Å². The molecule has 3 rings (SSSR count). The monoisotopic (exact) mass is 402 g/mol. The maximum atomic E-state index is 12.7. The minimum absolute atomic E-state index is 0.0252. The molecule has 1 saturated carbocycles. The molecule has 1 atom stereocenters. The number of rotatable bonds is 7. The molecule has 0 spiro atoms. The Balaban J connectivity index is 1.64. The third-order valence-corrected chi connectivity index (χ3v) is 5.85. The van der Waals surface area contributed by atoms with Gasteiger partial charge >= 0.3 is 0 Å². The van der Waals surface area contributed by atoms with E-state index in [0.717, 1.165) is 37.0 Å². The highest BCUT2D eigenvalue weighted by Gasteiger charge is 2.29. The molecule has 1 aromatic heterocycles. The maximum absolute atomic E-state index is 12.7. The van der Waals surface area contributed by atoms with E-state index in [1.54, 1.807) is 7.11 Å². The van der Waals surface area contributed by atoms with E-state index in [4.69, 9.17) is 4.74 Å². The zero-order valence-corrected chi connectivity index (χ0v) is 17.2. The van der Waals surface area contributed by atoms with Crippen LogP contribution < -0.4 is 15.4 Å². The lowest BCUT2D eigenvalue weighted by atomic mass is 10.0. The molecule has 7 nitrogen and oxygen atoms in total. The number of carbonyl (C=O) groups excluding carboxylic acids is 2. The number of ether oxygens (including phenoxy) is 1. The van der Waals surface area contributed by atoms with Crippen molar-refractivity contribution in [3.8, 4) is 16.3 Å². The van der Waals surface area contributed by atoms with Crippen molar-refractivity contribution in [3.63, 3.8) is 0 Å². The molecule has 0 bridgehead atoms. The van der Waals surface area contributed by atoms with Gasteiger partial charge in [-0.25, -0.2) is 0 Å². The van der Waals surface area contributed by atoms with Crippen molar-refractivity contribution in [2.45, 2.75) is 45.6 Å². The molecule has 1 heterocycles. The van der Waals surface area contributed by atoms with Crippen molar-refractivity contribution < 1.29 is 14.3 Å². The van der Waals surface area contributed by atoms with E-state index in [9.17, 15) is 9.59 Å². The number of benzene rings is 1. The van der Waals surface area contributed by atoms with Crippen molar-refractivity contribution in [1.29, 1.82) is 0 Å². The molecule has 2 N–H and O–H groups in total. The van der Waals surface area contributed by atoms with Gasteiger partial charge in [-0.1, -0.05) is 38.0 Å². The summed E-state index contributed by atoms with van der Waals surface area (Å²) in [5, 5.41) is 15.1. The lowest BCUT2D eigenvalue weighted by molar-refractivity contribution is -0.130. The Morgan fingerprint density at radius 1 is 1.14 bits per heavy atom. The second-order valence-electron chi connectivity index (χ2n) is 7.34. The Bertz CT molecular complexity index is 813. The van der Waals surface area contributed by atoms with Crippen molar-refractivity contribution >= 4 is 28.3 Å². The average molecular weight is 403 g/mol. The number of amides is 2. The van der Waals surface area contributed by atoms with E-state index in [1.165, 1.54) is 11.3 Å². The molecule has 1 aliphatic carbocycles. The van der Waals surface area contributed by atoms with Crippen LogP contribution in [0, 0.1) is 11.8 Å². The summed E-state index contributed by atoms with van der Waals surface area (Å²) in [5.41, 5.74) is 0.897. The minimum atomic E-state index is -0.596. The number of hydrogen-bond donors (Lipinski definition) is 2. The average Bonchev–Trinajstić information content (AvgIpc) is 3.38. The molecule has 0 radical (unpaired) electrons. The molecule has 150 valence electrons. The molecule has 0 unspecified atom stereocenters. The first-order chi connectivity index (χ1) is 13.5. The number of nitrogens with one attached hydrogen (secondary N) is 2. The standard InChI is InChI=1S/C20H26N4O3S/c1-12(2)16(21-17(25)13-6-4-5-7-13)18(26)22-20-24-23-19(28-20)14-8-10-15(27-3)11-9-14/h8-13,16H,4-7H2,1-3H3,(H,21,25)(H,22,24,26)/t16-/m0/s1. The Hall–Kier alpha value is -2.48. The minimum Gasteiger partial charge on any atom is -0.497 e. The smallest absolute Gasteiger partial charge is 0.249 e. The second kappa shape index (κ2) is 9.14. The van der Waals surface area contributed by atoms with Crippen LogP contribution in [0.25, 0.3) is 10.6 Å². The van der Waals surface area contributed by atoms with Gasteiger partial charge in [-0.2, -0.15) is 0 Å². The number of carbonyl (C=O) groups is 2. The zero-order chi connectivity index (χ0) is 20.1. The molecule has 0 saturated heterocycles. The number of methoxy groups -OCH3 is 1. The zero-order valence-electron chi connectivity index (χ0n) is 16.4. The van der Waals surface area contributed by atoms with Crippen LogP contribution in [0.4, 0.5) is 5.13 Å². The van der Waals surface area contributed by atoms with Gasteiger partial charge in [0.05, 0.1) is 7.11 Å². The third kappa shape index (κ3) is 4.86. The first-order valence-electron chi connectivity index (χ1n) is 9.57. The molecule has 0 aliphatic heterocycles. The highest BCUT2D eigenvalue weighted by Crippen LogP contribution is 2.28. The first-order valence-corrected chi connectivity index (χ1v) is 10.4. The van der Waals surface area contributed by atoms with Gasteiger partial charge in [0.15, 0.2) is 0 Å². The molecule has 8 heteroatoms. The van der Waals surface area contributed by atoms with E-state index in [2.05, 4.69) is 20.8 Å². The highest BCUT2D eigenvalue weighted by atomic mass is 32.1. The summed E-state index contributed by atoms with van der Waals surface area (Å²) in [5.74, 6) is 0.470. The van der Waals surface area contributed by atoms with E-state index in [1.807, 2.05) is 38.1 Å². The first kappa shape index (κ1) is 20.3. The molecule has 2 amide bonds. The number of nitrogens with zero attached hydrogens (tertiary/aromatic N) is 2. The number of hydrogen-bond acceptors (Lipinski definition) is 6. The number of anilines is 1. The van der Waals surface area contributed by atoms with Crippen molar-refractivity contribution in [2.24, 2.45) is 11.8 Å². The summed E-state index contributed by atoms with van der Waals surface area (Å²) in [4.78, 5) is 25.2. The van der Waals surface area contributed by atoms with Gasteiger partial charge < -0.3 is 10.1 Å². The van der Waals surface area contributed by atoms with Crippen LogP contribution in [0.1, 0.15) is 39.5 Å². The lowest BCUT2D eigenvalue weighted by Gasteiger charge is -2.22. The SMILES string of the molecule is COc1ccc(-c2nnc(NC(=O)[C@@H](NC(=O)C3CCCC3)C(C)C)s2)cc1. The van der Waals surface area contributed by atoms with Gasteiger partial charge in [-0.3, -0.25) is 14.9 Å². The van der Waals surface area contributed by atoms with E-state index in [0.29, 0.717) is 10.1 Å². The summed E-state index contributed by atoms with van der Waals surface area (Å²) < 4.78 is 5.16. The molecule has 1 fully saturated rings. The summed E-state index contributed by atoms with van der Waals surface area (Å²) in [7, 11) is 1.62. The van der Waals surface area contributed by atoms with Crippen LogP contribution >= 0.6 is 11.3 Å². The van der Waals surface area contributed by atoms with Crippen LogP contribution in [0.5, 0.6) is 5.75 Å². The molecule has 2 aromatic rings. The van der Waals surface area contributed by atoms with Crippen molar-refractivity contribution in [2.75, 3.05) is 12.4 Å². The maximum Gasteiger partial charge on any atom is 0.249 e. The van der Waals surface area contributed by atoms with Crippen molar-refractivity contribution in [3.05, 3.63) is 24.3 Å². The van der Waals surface area contributed by atoms with Crippen LogP contribution in [-0.4, -0.2) is 35.2 Å². The fourth-order valence-corrected chi connectivity index (χ4v) is 4.05. The van der Waals surface area contributed by atoms with Gasteiger partial charge in [-0.05, 0) is 43.0 Å². The van der Waals surface area contributed by atoms with Gasteiger partial charge in [0, 0.05) is 11.5 Å². The van der Waals surface area contributed by atoms with Crippen LogP contribution in [0.3, 0.4) is 0 Å². The van der Waals surface area contributed by atoms with Gasteiger partial charge in [0.2, 0.25) is 16.9 Å². The molecular weight excluding hydrogens is 376 g/mol. The van der Waals surface area contributed by atoms with Crippen LogP contribution in [-0.2, 0) is 9.59 Å². The lowest BCUT2D eigenvalue weighted by Crippen LogP contribution is -2.48. The van der Waals surface area contributed by atoms with Crippen LogP contribution in [0.2, 0.25) is 0 Å². The quantitative estimate of drug-likeness (QED) is 0.739. The molecule has 28 heavy (non-hydrogen) atoms. The molecule has 1 aromatic carbocycles. The van der Waals surface area contributed by atoms with E-state index < -0.39 is 6.04 Å². The van der Waals surface area contributed by atoms with E-state index in [-0.39, 0.29) is 23.7 Å². The van der Waals surface area contributed by atoms with Gasteiger partial charge in [0.1, 0.15) is 16.8 Å². The van der Waals surface area contributed by atoms with Gasteiger partial charge in [-0.15, -0.1) is 10.2 Å². The normalized spacial score (nSPS) is 15.4. The van der Waals surface area contributed by atoms with Gasteiger partial charge in [0.25, 0.3) is 0 Å². The predicted octanol–water partition coefficient (Wildman–Crippen LogP) is 3.48. The Kier molecular flexibility index (Phi) is 6.61. The summed E-state index contributed by atoms with van der Waals surface area (Å²) in [6.45, 7) is 3.84. The predicted molar refractivity (Wildman–Crippen MR) is 109 cm³/mol. The fourth-order valence-electron chi connectivity index (χ4n) is 3.30.